The second-order valence-corrected chi connectivity index (χ2v) is 6.12. The van der Waals surface area contributed by atoms with Crippen molar-refractivity contribution in [2.75, 3.05) is 5.32 Å². The standard InChI is InChI=1S/C16H20ClN3/c1-5-11-14(17)18-10-19-15(11)20-13-9-7-6-8-12(13)16(2,3)4/h6-10H,5H2,1-4H3,(H,18,19,20). The van der Waals surface area contributed by atoms with Crippen molar-refractivity contribution in [2.45, 2.75) is 39.5 Å². The summed E-state index contributed by atoms with van der Waals surface area (Å²) in [4.78, 5) is 8.36. The molecule has 20 heavy (non-hydrogen) atoms. The maximum absolute atomic E-state index is 6.13. The van der Waals surface area contributed by atoms with Gasteiger partial charge < -0.3 is 5.32 Å². The van der Waals surface area contributed by atoms with Crippen LogP contribution in [-0.2, 0) is 11.8 Å². The van der Waals surface area contributed by atoms with Crippen molar-refractivity contribution in [3.63, 3.8) is 0 Å². The number of hydrogen-bond acceptors (Lipinski definition) is 3. The van der Waals surface area contributed by atoms with Crippen LogP contribution in [0.4, 0.5) is 11.5 Å². The monoisotopic (exact) mass is 289 g/mol. The van der Waals surface area contributed by atoms with Gasteiger partial charge in [-0.2, -0.15) is 0 Å². The van der Waals surface area contributed by atoms with Crippen LogP contribution < -0.4 is 5.32 Å². The van der Waals surface area contributed by atoms with Gasteiger partial charge in [-0.25, -0.2) is 9.97 Å². The summed E-state index contributed by atoms with van der Waals surface area (Å²) in [6.45, 7) is 8.63. The second kappa shape index (κ2) is 5.80. The number of hydrogen-bond donors (Lipinski definition) is 1. The molecule has 0 atom stereocenters. The maximum Gasteiger partial charge on any atom is 0.138 e. The van der Waals surface area contributed by atoms with Gasteiger partial charge in [0.15, 0.2) is 0 Å². The second-order valence-electron chi connectivity index (χ2n) is 5.77. The van der Waals surface area contributed by atoms with Crippen LogP contribution in [-0.4, -0.2) is 9.97 Å². The predicted octanol–water partition coefficient (Wildman–Crippen LogP) is 4.73. The van der Waals surface area contributed by atoms with Crippen LogP contribution in [0.1, 0.15) is 38.8 Å². The highest BCUT2D eigenvalue weighted by Gasteiger charge is 2.18. The Morgan fingerprint density at radius 2 is 1.85 bits per heavy atom. The first-order valence-corrected chi connectivity index (χ1v) is 7.17. The lowest BCUT2D eigenvalue weighted by molar-refractivity contribution is 0.592. The van der Waals surface area contributed by atoms with Crippen molar-refractivity contribution in [1.82, 2.24) is 9.97 Å². The van der Waals surface area contributed by atoms with Crippen molar-refractivity contribution < 1.29 is 0 Å². The third kappa shape index (κ3) is 3.10. The van der Waals surface area contributed by atoms with E-state index in [0.29, 0.717) is 5.15 Å². The van der Waals surface area contributed by atoms with Crippen LogP contribution in [0.25, 0.3) is 0 Å². The molecule has 2 aromatic rings. The predicted molar refractivity (Wildman–Crippen MR) is 84.8 cm³/mol. The Morgan fingerprint density at radius 1 is 1.15 bits per heavy atom. The van der Waals surface area contributed by atoms with Crippen molar-refractivity contribution in [1.29, 1.82) is 0 Å². The Kier molecular flexibility index (Phi) is 4.29. The average molecular weight is 290 g/mol. The molecule has 0 saturated carbocycles. The lowest BCUT2D eigenvalue weighted by atomic mass is 9.86. The molecule has 0 unspecified atom stereocenters. The number of anilines is 2. The zero-order chi connectivity index (χ0) is 14.8. The van der Waals surface area contributed by atoms with Crippen LogP contribution in [0.15, 0.2) is 30.6 Å². The van der Waals surface area contributed by atoms with Gasteiger partial charge in [0.25, 0.3) is 0 Å². The summed E-state index contributed by atoms with van der Waals surface area (Å²) in [5.74, 6) is 0.782. The molecule has 0 aliphatic heterocycles. The molecule has 1 aromatic heterocycles. The number of benzene rings is 1. The number of halogens is 1. The van der Waals surface area contributed by atoms with E-state index in [9.17, 15) is 0 Å². The van der Waals surface area contributed by atoms with E-state index in [1.165, 1.54) is 11.9 Å². The Bertz CT molecular complexity index is 603. The SMILES string of the molecule is CCc1c(Cl)ncnc1Nc1ccccc1C(C)(C)C. The molecule has 4 heteroatoms. The molecular formula is C16H20ClN3. The molecule has 106 valence electrons. The highest BCUT2D eigenvalue weighted by molar-refractivity contribution is 6.30. The first-order valence-electron chi connectivity index (χ1n) is 6.79. The quantitative estimate of drug-likeness (QED) is 0.830. The lowest BCUT2D eigenvalue weighted by Gasteiger charge is -2.23. The summed E-state index contributed by atoms with van der Waals surface area (Å²) in [6.07, 6.45) is 2.28. The molecule has 0 saturated heterocycles. The zero-order valence-corrected chi connectivity index (χ0v) is 13.1. The molecule has 1 heterocycles. The van der Waals surface area contributed by atoms with Crippen molar-refractivity contribution >= 4 is 23.1 Å². The first-order chi connectivity index (χ1) is 9.43. The fraction of sp³-hybridized carbons (Fsp3) is 0.375. The van der Waals surface area contributed by atoms with Gasteiger partial charge in [-0.15, -0.1) is 0 Å². The largest absolute Gasteiger partial charge is 0.340 e. The number of nitrogens with one attached hydrogen (secondary N) is 1. The number of aromatic nitrogens is 2. The topological polar surface area (TPSA) is 37.8 Å². The molecule has 0 aliphatic rings. The Morgan fingerprint density at radius 3 is 2.50 bits per heavy atom. The van der Waals surface area contributed by atoms with Gasteiger partial charge in [0.05, 0.1) is 0 Å². The van der Waals surface area contributed by atoms with Gasteiger partial charge in [-0.05, 0) is 23.5 Å². The molecule has 0 aliphatic carbocycles. The van der Waals surface area contributed by atoms with Gasteiger partial charge >= 0.3 is 0 Å². The van der Waals surface area contributed by atoms with Gasteiger partial charge in [-0.1, -0.05) is 57.5 Å². The van der Waals surface area contributed by atoms with E-state index < -0.39 is 0 Å². The highest BCUT2D eigenvalue weighted by atomic mass is 35.5. The molecule has 0 fully saturated rings. The van der Waals surface area contributed by atoms with Gasteiger partial charge in [-0.3, -0.25) is 0 Å². The Hall–Kier alpha value is -1.61. The van der Waals surface area contributed by atoms with Crippen LogP contribution >= 0.6 is 11.6 Å². The van der Waals surface area contributed by atoms with Crippen LogP contribution in [0.5, 0.6) is 0 Å². The summed E-state index contributed by atoms with van der Waals surface area (Å²) >= 11 is 6.13. The minimum Gasteiger partial charge on any atom is -0.340 e. The summed E-state index contributed by atoms with van der Waals surface area (Å²) < 4.78 is 0. The van der Waals surface area contributed by atoms with E-state index in [1.807, 2.05) is 13.0 Å². The third-order valence-electron chi connectivity index (χ3n) is 3.23. The van der Waals surface area contributed by atoms with E-state index in [4.69, 9.17) is 11.6 Å². The fourth-order valence-electron chi connectivity index (χ4n) is 2.19. The van der Waals surface area contributed by atoms with Gasteiger partial charge in [0.1, 0.15) is 17.3 Å². The van der Waals surface area contributed by atoms with Crippen LogP contribution in [0, 0.1) is 0 Å². The molecule has 3 nitrogen and oxygen atoms in total. The first kappa shape index (κ1) is 14.8. The Balaban J connectivity index is 2.44. The minimum absolute atomic E-state index is 0.0623. The van der Waals surface area contributed by atoms with Crippen LogP contribution in [0.3, 0.4) is 0 Å². The molecule has 1 aromatic carbocycles. The number of nitrogens with zero attached hydrogens (tertiary/aromatic N) is 2. The van der Waals surface area contributed by atoms with Crippen LogP contribution in [0.2, 0.25) is 5.15 Å². The smallest absolute Gasteiger partial charge is 0.138 e. The summed E-state index contributed by atoms with van der Waals surface area (Å²) in [5.41, 5.74) is 3.31. The Labute approximate surface area is 125 Å². The van der Waals surface area contributed by atoms with Gasteiger partial charge in [0.2, 0.25) is 0 Å². The molecule has 0 spiro atoms. The van der Waals surface area contributed by atoms with Crippen molar-refractivity contribution in [3.05, 3.63) is 46.9 Å². The highest BCUT2D eigenvalue weighted by Crippen LogP contribution is 2.32. The van der Waals surface area contributed by atoms with E-state index in [2.05, 4.69) is 54.3 Å². The fourth-order valence-corrected chi connectivity index (χ4v) is 2.45. The number of para-hydroxylation sites is 1. The zero-order valence-electron chi connectivity index (χ0n) is 12.4. The molecule has 1 N–H and O–H groups in total. The minimum atomic E-state index is 0.0623. The van der Waals surface area contributed by atoms with E-state index in [-0.39, 0.29) is 5.41 Å². The third-order valence-corrected chi connectivity index (χ3v) is 3.56. The summed E-state index contributed by atoms with van der Waals surface area (Å²) in [5, 5.41) is 3.92. The van der Waals surface area contributed by atoms with Crippen molar-refractivity contribution in [2.24, 2.45) is 0 Å². The van der Waals surface area contributed by atoms with Gasteiger partial charge in [0, 0.05) is 11.3 Å². The summed E-state index contributed by atoms with van der Waals surface area (Å²) in [7, 11) is 0. The summed E-state index contributed by atoms with van der Waals surface area (Å²) in [6, 6.07) is 8.28. The van der Waals surface area contributed by atoms with E-state index in [0.717, 1.165) is 23.5 Å². The van der Waals surface area contributed by atoms with Crippen molar-refractivity contribution in [3.8, 4) is 0 Å². The molecular weight excluding hydrogens is 270 g/mol. The lowest BCUT2D eigenvalue weighted by Crippen LogP contribution is -2.14. The normalized spacial score (nSPS) is 11.4. The van der Waals surface area contributed by atoms with E-state index >= 15 is 0 Å². The number of rotatable bonds is 3. The van der Waals surface area contributed by atoms with E-state index in [1.54, 1.807) is 0 Å². The molecule has 0 amide bonds. The molecule has 0 bridgehead atoms. The molecule has 0 radical (unpaired) electrons. The maximum atomic E-state index is 6.13. The average Bonchev–Trinajstić information content (AvgIpc) is 2.38. The molecule has 2 rings (SSSR count).